The number of nitrogens with one attached hydrogen (secondary N) is 1. The number of thioether (sulfide) groups is 1. The first-order valence-corrected chi connectivity index (χ1v) is 11.2. The predicted molar refractivity (Wildman–Crippen MR) is 116 cm³/mol. The topological polar surface area (TPSA) is 45.2 Å². The average Bonchev–Trinajstić information content (AvgIpc) is 3.11. The molecule has 0 spiro atoms. The third-order valence-corrected chi connectivity index (χ3v) is 6.91. The van der Waals surface area contributed by atoms with Gasteiger partial charge in [0, 0.05) is 23.9 Å². The van der Waals surface area contributed by atoms with E-state index in [0.717, 1.165) is 47.2 Å². The number of amides is 1. The van der Waals surface area contributed by atoms with E-state index in [9.17, 15) is 4.79 Å². The number of aromatic nitrogens is 1. The Morgan fingerprint density at radius 1 is 1.22 bits per heavy atom. The summed E-state index contributed by atoms with van der Waals surface area (Å²) in [6.45, 7) is 3.86. The van der Waals surface area contributed by atoms with Gasteiger partial charge in [0.25, 0.3) is 0 Å². The van der Waals surface area contributed by atoms with Gasteiger partial charge in [0.1, 0.15) is 0 Å². The Morgan fingerprint density at radius 2 is 2.00 bits per heavy atom. The van der Waals surface area contributed by atoms with Crippen molar-refractivity contribution in [2.45, 2.75) is 24.7 Å². The number of hydrogen-bond donors (Lipinski definition) is 1. The molecule has 0 aliphatic carbocycles. The van der Waals surface area contributed by atoms with Crippen molar-refractivity contribution in [1.82, 2.24) is 4.98 Å². The van der Waals surface area contributed by atoms with Gasteiger partial charge in [-0.3, -0.25) is 4.79 Å². The van der Waals surface area contributed by atoms with Crippen LogP contribution < -0.4 is 10.2 Å². The number of nitrogens with zero attached hydrogens (tertiary/aromatic N) is 2. The SMILES string of the molecule is CSc1ccccc1NC(=O)C1CCN(c2nc3ccc(C)cc3s2)CC1. The number of carbonyl (C=O) groups excluding carboxylic acids is 1. The molecule has 0 unspecified atom stereocenters. The molecule has 140 valence electrons. The van der Waals surface area contributed by atoms with Crippen LogP contribution in [-0.4, -0.2) is 30.2 Å². The zero-order chi connectivity index (χ0) is 18.8. The minimum Gasteiger partial charge on any atom is -0.348 e. The number of benzene rings is 2. The van der Waals surface area contributed by atoms with Crippen molar-refractivity contribution in [2.24, 2.45) is 5.92 Å². The van der Waals surface area contributed by atoms with Crippen LogP contribution in [0.5, 0.6) is 0 Å². The molecule has 2 aromatic carbocycles. The van der Waals surface area contributed by atoms with Gasteiger partial charge in [-0.05, 0) is 55.9 Å². The smallest absolute Gasteiger partial charge is 0.227 e. The minimum atomic E-state index is 0.0628. The highest BCUT2D eigenvalue weighted by Gasteiger charge is 2.26. The number of piperidine rings is 1. The summed E-state index contributed by atoms with van der Waals surface area (Å²) in [5.74, 6) is 0.198. The zero-order valence-electron chi connectivity index (χ0n) is 15.6. The van der Waals surface area contributed by atoms with Gasteiger partial charge in [-0.25, -0.2) is 4.98 Å². The van der Waals surface area contributed by atoms with E-state index in [1.54, 1.807) is 23.1 Å². The molecule has 4 nitrogen and oxygen atoms in total. The van der Waals surface area contributed by atoms with Crippen LogP contribution in [0.15, 0.2) is 47.4 Å². The standard InChI is InChI=1S/C21H23N3OS2/c1-14-7-8-17-19(13-14)27-21(23-17)24-11-9-15(10-12-24)20(25)22-16-5-3-4-6-18(16)26-2/h3-8,13,15H,9-12H2,1-2H3,(H,22,25). The first kappa shape index (κ1) is 18.3. The van der Waals surface area contributed by atoms with Crippen LogP contribution in [0, 0.1) is 12.8 Å². The lowest BCUT2D eigenvalue weighted by Gasteiger charge is -2.31. The molecule has 1 aromatic heterocycles. The van der Waals surface area contributed by atoms with Crippen LogP contribution in [0.2, 0.25) is 0 Å². The van der Waals surface area contributed by atoms with Gasteiger partial charge in [-0.2, -0.15) is 0 Å². The van der Waals surface area contributed by atoms with Crippen molar-refractivity contribution < 1.29 is 4.79 Å². The third kappa shape index (κ3) is 3.96. The van der Waals surface area contributed by atoms with Crippen LogP contribution in [0.4, 0.5) is 10.8 Å². The quantitative estimate of drug-likeness (QED) is 0.616. The Kier molecular flexibility index (Phi) is 5.36. The summed E-state index contributed by atoms with van der Waals surface area (Å²) in [6, 6.07) is 14.4. The van der Waals surface area contributed by atoms with Crippen molar-refractivity contribution in [3.05, 3.63) is 48.0 Å². The van der Waals surface area contributed by atoms with E-state index in [4.69, 9.17) is 4.98 Å². The number of aryl methyl sites for hydroxylation is 1. The molecule has 3 aromatic rings. The van der Waals surface area contributed by atoms with E-state index in [0.29, 0.717) is 0 Å². The van der Waals surface area contributed by atoms with E-state index < -0.39 is 0 Å². The first-order chi connectivity index (χ1) is 13.1. The highest BCUT2D eigenvalue weighted by molar-refractivity contribution is 7.98. The van der Waals surface area contributed by atoms with Gasteiger partial charge < -0.3 is 10.2 Å². The molecule has 6 heteroatoms. The van der Waals surface area contributed by atoms with E-state index >= 15 is 0 Å². The molecule has 1 saturated heterocycles. The Labute approximate surface area is 168 Å². The fraction of sp³-hybridized carbons (Fsp3) is 0.333. The second kappa shape index (κ2) is 7.90. The lowest BCUT2D eigenvalue weighted by atomic mass is 9.96. The van der Waals surface area contributed by atoms with Gasteiger partial charge in [0.2, 0.25) is 5.91 Å². The summed E-state index contributed by atoms with van der Waals surface area (Å²) < 4.78 is 1.23. The number of anilines is 2. The Balaban J connectivity index is 1.40. The molecule has 4 rings (SSSR count). The molecule has 0 radical (unpaired) electrons. The third-order valence-electron chi connectivity index (χ3n) is 5.03. The van der Waals surface area contributed by atoms with E-state index in [1.807, 2.05) is 30.5 Å². The molecular weight excluding hydrogens is 374 g/mol. The van der Waals surface area contributed by atoms with Crippen molar-refractivity contribution in [3.63, 3.8) is 0 Å². The highest BCUT2D eigenvalue weighted by Crippen LogP contribution is 2.32. The Morgan fingerprint density at radius 3 is 2.78 bits per heavy atom. The maximum atomic E-state index is 12.7. The molecule has 1 fully saturated rings. The molecule has 1 aliphatic heterocycles. The van der Waals surface area contributed by atoms with E-state index in [-0.39, 0.29) is 11.8 Å². The second-order valence-corrected chi connectivity index (χ2v) is 8.78. The summed E-state index contributed by atoms with van der Waals surface area (Å²) in [7, 11) is 0. The summed E-state index contributed by atoms with van der Waals surface area (Å²) in [4.78, 5) is 20.9. The average molecular weight is 398 g/mol. The first-order valence-electron chi connectivity index (χ1n) is 9.20. The van der Waals surface area contributed by atoms with Crippen molar-refractivity contribution >= 4 is 50.0 Å². The lowest BCUT2D eigenvalue weighted by molar-refractivity contribution is -0.120. The van der Waals surface area contributed by atoms with E-state index in [1.165, 1.54) is 10.3 Å². The zero-order valence-corrected chi connectivity index (χ0v) is 17.2. The minimum absolute atomic E-state index is 0.0628. The maximum absolute atomic E-state index is 12.7. The van der Waals surface area contributed by atoms with Gasteiger partial charge >= 0.3 is 0 Å². The van der Waals surface area contributed by atoms with Crippen molar-refractivity contribution in [1.29, 1.82) is 0 Å². The molecule has 1 aliphatic rings. The van der Waals surface area contributed by atoms with Gasteiger partial charge in [-0.15, -0.1) is 11.8 Å². The number of rotatable bonds is 4. The monoisotopic (exact) mass is 397 g/mol. The molecule has 1 amide bonds. The number of carbonyl (C=O) groups is 1. The fourth-order valence-corrected chi connectivity index (χ4v) is 5.14. The number of fused-ring (bicyclic) bond motifs is 1. The van der Waals surface area contributed by atoms with Gasteiger partial charge in [0.05, 0.1) is 15.9 Å². The molecular formula is C21H23N3OS2. The summed E-state index contributed by atoms with van der Waals surface area (Å²) >= 11 is 3.40. The lowest BCUT2D eigenvalue weighted by Crippen LogP contribution is -2.38. The highest BCUT2D eigenvalue weighted by atomic mass is 32.2. The summed E-state index contributed by atoms with van der Waals surface area (Å²) in [5.41, 5.74) is 3.24. The summed E-state index contributed by atoms with van der Waals surface area (Å²) in [5, 5.41) is 4.19. The molecule has 27 heavy (non-hydrogen) atoms. The summed E-state index contributed by atoms with van der Waals surface area (Å²) in [6.07, 6.45) is 3.76. The van der Waals surface area contributed by atoms with E-state index in [2.05, 4.69) is 35.3 Å². The normalized spacial score (nSPS) is 15.3. The molecule has 0 atom stereocenters. The second-order valence-electron chi connectivity index (χ2n) is 6.92. The van der Waals surface area contributed by atoms with Crippen LogP contribution in [0.1, 0.15) is 18.4 Å². The van der Waals surface area contributed by atoms with Gasteiger partial charge in [0.15, 0.2) is 5.13 Å². The van der Waals surface area contributed by atoms with Crippen LogP contribution in [-0.2, 0) is 4.79 Å². The Bertz CT molecular complexity index is 961. The maximum Gasteiger partial charge on any atom is 0.227 e. The fourth-order valence-electron chi connectivity index (χ4n) is 3.47. The van der Waals surface area contributed by atoms with Crippen molar-refractivity contribution in [2.75, 3.05) is 29.6 Å². The van der Waals surface area contributed by atoms with Gasteiger partial charge in [-0.1, -0.05) is 29.5 Å². The number of thiazole rings is 1. The molecule has 0 bridgehead atoms. The van der Waals surface area contributed by atoms with Crippen LogP contribution in [0.3, 0.4) is 0 Å². The molecule has 1 N–H and O–H groups in total. The predicted octanol–water partition coefficient (Wildman–Crippen LogP) is 5.18. The molecule has 2 heterocycles. The number of para-hydroxylation sites is 1. The molecule has 0 saturated carbocycles. The van der Waals surface area contributed by atoms with Crippen LogP contribution >= 0.6 is 23.1 Å². The van der Waals surface area contributed by atoms with Crippen molar-refractivity contribution in [3.8, 4) is 0 Å². The largest absolute Gasteiger partial charge is 0.348 e. The van der Waals surface area contributed by atoms with Crippen LogP contribution in [0.25, 0.3) is 10.2 Å². The Hall–Kier alpha value is -2.05. The number of hydrogen-bond acceptors (Lipinski definition) is 5.